The second kappa shape index (κ2) is 6.73. The van der Waals surface area contributed by atoms with Crippen molar-refractivity contribution in [3.8, 4) is 0 Å². The molecule has 0 spiro atoms. The highest BCUT2D eigenvalue weighted by atomic mass is 79.9. The van der Waals surface area contributed by atoms with Crippen LogP contribution in [0.25, 0.3) is 0 Å². The van der Waals surface area contributed by atoms with Crippen LogP contribution in [0, 0.1) is 0 Å². The molecule has 1 aromatic rings. The Labute approximate surface area is 112 Å². The van der Waals surface area contributed by atoms with Crippen LogP contribution in [0.15, 0.2) is 15.9 Å². The number of nitrogens with zero attached hydrogens (tertiary/aromatic N) is 1. The Kier molecular flexibility index (Phi) is 5.60. The minimum atomic E-state index is -0.328. The van der Waals surface area contributed by atoms with Gasteiger partial charge in [0.2, 0.25) is 11.8 Å². The smallest absolute Gasteiger partial charge is 0.242 e. The quantitative estimate of drug-likeness (QED) is 0.832. The molecule has 7 heteroatoms. The van der Waals surface area contributed by atoms with Crippen LogP contribution in [0.4, 0.5) is 0 Å². The zero-order chi connectivity index (χ0) is 12.8. The molecule has 1 rings (SSSR count). The van der Waals surface area contributed by atoms with E-state index < -0.39 is 0 Å². The number of halogens is 1. The summed E-state index contributed by atoms with van der Waals surface area (Å²) in [6.07, 6.45) is 0. The molecule has 17 heavy (non-hydrogen) atoms. The van der Waals surface area contributed by atoms with E-state index in [2.05, 4.69) is 21.2 Å². The summed E-state index contributed by atoms with van der Waals surface area (Å²) in [6, 6.07) is 3.89. The summed E-state index contributed by atoms with van der Waals surface area (Å²) in [6.45, 7) is 0.418. The molecule has 5 nitrogen and oxygen atoms in total. The molecule has 0 saturated carbocycles. The van der Waals surface area contributed by atoms with Gasteiger partial charge >= 0.3 is 0 Å². The summed E-state index contributed by atoms with van der Waals surface area (Å²) in [5.41, 5.74) is 5.12. The summed E-state index contributed by atoms with van der Waals surface area (Å²) in [5, 5.41) is 2.44. The second-order valence-electron chi connectivity index (χ2n) is 3.44. The Morgan fingerprint density at radius 1 is 1.53 bits per heavy atom. The monoisotopic (exact) mass is 319 g/mol. The SMILES string of the molecule is CN(Cc1ccc(Br)s1)C(=O)CNC(=O)CN. The lowest BCUT2D eigenvalue weighted by Gasteiger charge is -2.16. The molecule has 3 N–H and O–H groups in total. The standard InChI is InChI=1S/C10H14BrN3O2S/c1-14(6-7-2-3-8(11)17-7)10(16)5-13-9(15)4-12/h2-3H,4-6,12H2,1H3,(H,13,15). The van der Waals surface area contributed by atoms with Gasteiger partial charge in [0.05, 0.1) is 23.4 Å². The molecule has 0 atom stereocenters. The van der Waals surface area contributed by atoms with Crippen LogP contribution in [0.3, 0.4) is 0 Å². The second-order valence-corrected chi connectivity index (χ2v) is 5.98. The number of rotatable bonds is 5. The number of nitrogens with two attached hydrogens (primary N) is 1. The molecule has 0 fully saturated rings. The molecule has 0 aliphatic rings. The number of hydrogen-bond donors (Lipinski definition) is 2. The fourth-order valence-corrected chi connectivity index (χ4v) is 2.68. The van der Waals surface area contributed by atoms with Crippen LogP contribution in [-0.2, 0) is 16.1 Å². The molecule has 2 amide bonds. The van der Waals surface area contributed by atoms with Gasteiger partial charge in [-0.05, 0) is 28.1 Å². The summed E-state index contributed by atoms with van der Waals surface area (Å²) < 4.78 is 1.03. The zero-order valence-corrected chi connectivity index (χ0v) is 11.8. The third-order valence-electron chi connectivity index (χ3n) is 2.07. The van der Waals surface area contributed by atoms with Gasteiger partial charge in [-0.15, -0.1) is 11.3 Å². The molecule has 0 aliphatic heterocycles. The maximum Gasteiger partial charge on any atom is 0.242 e. The third-order valence-corrected chi connectivity index (χ3v) is 3.68. The van der Waals surface area contributed by atoms with Gasteiger partial charge in [-0.2, -0.15) is 0 Å². The average molecular weight is 320 g/mol. The van der Waals surface area contributed by atoms with E-state index in [1.54, 1.807) is 23.3 Å². The Morgan fingerprint density at radius 2 is 2.24 bits per heavy atom. The number of amides is 2. The highest BCUT2D eigenvalue weighted by Crippen LogP contribution is 2.22. The van der Waals surface area contributed by atoms with E-state index in [0.29, 0.717) is 6.54 Å². The summed E-state index contributed by atoms with van der Waals surface area (Å²) >= 11 is 4.94. The van der Waals surface area contributed by atoms with Crippen LogP contribution in [0.1, 0.15) is 4.88 Å². The molecule has 94 valence electrons. The normalized spacial score (nSPS) is 10.1. The van der Waals surface area contributed by atoms with Crippen molar-refractivity contribution in [2.24, 2.45) is 5.73 Å². The van der Waals surface area contributed by atoms with Crippen LogP contribution >= 0.6 is 27.3 Å². The number of nitrogens with one attached hydrogen (secondary N) is 1. The van der Waals surface area contributed by atoms with Crippen LogP contribution in [0.5, 0.6) is 0 Å². The lowest BCUT2D eigenvalue weighted by molar-refractivity contribution is -0.131. The molecule has 1 aromatic heterocycles. The molecule has 0 radical (unpaired) electrons. The van der Waals surface area contributed by atoms with Gasteiger partial charge in [-0.3, -0.25) is 9.59 Å². The van der Waals surface area contributed by atoms with Gasteiger partial charge in [-0.1, -0.05) is 0 Å². The molecule has 0 saturated heterocycles. The Balaban J connectivity index is 2.39. The zero-order valence-electron chi connectivity index (χ0n) is 9.40. The molecular weight excluding hydrogens is 306 g/mol. The van der Waals surface area contributed by atoms with Crippen LogP contribution in [0.2, 0.25) is 0 Å². The Morgan fingerprint density at radius 3 is 2.76 bits per heavy atom. The van der Waals surface area contributed by atoms with Crippen LogP contribution in [-0.4, -0.2) is 36.9 Å². The lowest BCUT2D eigenvalue weighted by Crippen LogP contribution is -2.39. The van der Waals surface area contributed by atoms with E-state index in [-0.39, 0.29) is 24.9 Å². The molecule has 0 aliphatic carbocycles. The highest BCUT2D eigenvalue weighted by Gasteiger charge is 2.11. The van der Waals surface area contributed by atoms with Gasteiger partial charge in [-0.25, -0.2) is 0 Å². The first-order valence-corrected chi connectivity index (χ1v) is 6.59. The van der Waals surface area contributed by atoms with Crippen molar-refractivity contribution in [1.82, 2.24) is 10.2 Å². The third kappa shape index (κ3) is 4.84. The molecule has 0 aromatic carbocycles. The van der Waals surface area contributed by atoms with E-state index in [1.165, 1.54) is 0 Å². The van der Waals surface area contributed by atoms with Gasteiger partial charge in [0.25, 0.3) is 0 Å². The summed E-state index contributed by atoms with van der Waals surface area (Å²) in [7, 11) is 1.70. The van der Waals surface area contributed by atoms with Crippen molar-refractivity contribution in [3.05, 3.63) is 20.8 Å². The molecule has 1 heterocycles. The van der Waals surface area contributed by atoms with Gasteiger partial charge in [0.15, 0.2) is 0 Å². The van der Waals surface area contributed by atoms with E-state index >= 15 is 0 Å². The van der Waals surface area contributed by atoms with Gasteiger partial charge in [0, 0.05) is 11.9 Å². The summed E-state index contributed by atoms with van der Waals surface area (Å²) in [5.74, 6) is -0.470. The molecule has 0 unspecified atom stereocenters. The molecular formula is C10H14BrN3O2S. The van der Waals surface area contributed by atoms with Crippen LogP contribution < -0.4 is 11.1 Å². The maximum atomic E-state index is 11.6. The van der Waals surface area contributed by atoms with Gasteiger partial charge in [0.1, 0.15) is 0 Å². The van der Waals surface area contributed by atoms with E-state index in [9.17, 15) is 9.59 Å². The first kappa shape index (κ1) is 14.1. The fraction of sp³-hybridized carbons (Fsp3) is 0.400. The largest absolute Gasteiger partial charge is 0.346 e. The number of hydrogen-bond acceptors (Lipinski definition) is 4. The number of thiophene rings is 1. The number of likely N-dealkylation sites (N-methyl/N-ethyl adjacent to an activating group) is 1. The van der Waals surface area contributed by atoms with E-state index in [1.807, 2.05) is 12.1 Å². The Hall–Kier alpha value is -0.920. The minimum Gasteiger partial charge on any atom is -0.346 e. The number of carbonyl (C=O) groups is 2. The van der Waals surface area contributed by atoms with Crippen molar-refractivity contribution in [2.75, 3.05) is 20.1 Å². The first-order valence-electron chi connectivity index (χ1n) is 4.98. The predicted octanol–water partition coefficient (Wildman–Crippen LogP) is 0.544. The average Bonchev–Trinajstić information content (AvgIpc) is 2.70. The predicted molar refractivity (Wildman–Crippen MR) is 70.6 cm³/mol. The lowest BCUT2D eigenvalue weighted by atomic mass is 10.4. The topological polar surface area (TPSA) is 75.4 Å². The fourth-order valence-electron chi connectivity index (χ4n) is 1.14. The van der Waals surface area contributed by atoms with Gasteiger partial charge < -0.3 is 16.0 Å². The van der Waals surface area contributed by atoms with Crippen molar-refractivity contribution in [1.29, 1.82) is 0 Å². The van der Waals surface area contributed by atoms with Crippen molar-refractivity contribution in [2.45, 2.75) is 6.54 Å². The maximum absolute atomic E-state index is 11.6. The first-order chi connectivity index (χ1) is 8.02. The highest BCUT2D eigenvalue weighted by molar-refractivity contribution is 9.11. The minimum absolute atomic E-state index is 0.0148. The number of carbonyl (C=O) groups excluding carboxylic acids is 2. The van der Waals surface area contributed by atoms with Crippen molar-refractivity contribution >= 4 is 39.1 Å². The Bertz CT molecular complexity index is 408. The van der Waals surface area contributed by atoms with E-state index in [4.69, 9.17) is 5.73 Å². The van der Waals surface area contributed by atoms with E-state index in [0.717, 1.165) is 8.66 Å². The molecule has 0 bridgehead atoms. The van der Waals surface area contributed by atoms with Crippen molar-refractivity contribution in [3.63, 3.8) is 0 Å². The summed E-state index contributed by atoms with van der Waals surface area (Å²) in [4.78, 5) is 25.2. The van der Waals surface area contributed by atoms with Crippen molar-refractivity contribution < 1.29 is 9.59 Å².